The summed E-state index contributed by atoms with van der Waals surface area (Å²) in [6.45, 7) is 6.41. The normalized spacial score (nSPS) is 11.1. The monoisotopic (exact) mass is 423 g/mol. The molecule has 0 spiro atoms. The molecule has 6 nitrogen and oxygen atoms in total. The summed E-state index contributed by atoms with van der Waals surface area (Å²) in [7, 11) is 0. The highest BCUT2D eigenvalue weighted by Crippen LogP contribution is 2.21. The van der Waals surface area contributed by atoms with Gasteiger partial charge < -0.3 is 5.32 Å². The number of carbonyl (C=O) groups excluding carboxylic acids is 2. The number of fused-ring (bicyclic) bond motifs is 1. The summed E-state index contributed by atoms with van der Waals surface area (Å²) < 4.78 is 1.66. The van der Waals surface area contributed by atoms with Gasteiger partial charge in [0.05, 0.1) is 16.7 Å². The molecule has 1 amide bonds. The molecule has 156 valence electrons. The van der Waals surface area contributed by atoms with Gasteiger partial charge >= 0.3 is 0 Å². The number of hydrogen-bond donors (Lipinski definition) is 1. The number of rotatable bonds is 8. The SMILES string of the molecule is CCC(=O)Nc1ccc(C(=O)CSc2nc3ccccc3c(=O)n2CC(C)C)cc1. The van der Waals surface area contributed by atoms with Gasteiger partial charge in [0.2, 0.25) is 5.91 Å². The van der Waals surface area contributed by atoms with E-state index < -0.39 is 0 Å². The molecule has 0 fully saturated rings. The second-order valence-electron chi connectivity index (χ2n) is 7.41. The van der Waals surface area contributed by atoms with Crippen molar-refractivity contribution in [3.63, 3.8) is 0 Å². The van der Waals surface area contributed by atoms with Gasteiger partial charge in [0.25, 0.3) is 5.56 Å². The predicted octanol–water partition coefficient (Wildman–Crippen LogP) is 4.38. The fraction of sp³-hybridized carbons (Fsp3) is 0.304. The Morgan fingerprint density at radius 3 is 2.47 bits per heavy atom. The van der Waals surface area contributed by atoms with E-state index in [2.05, 4.69) is 10.3 Å². The van der Waals surface area contributed by atoms with Crippen molar-refractivity contribution >= 4 is 40.0 Å². The topological polar surface area (TPSA) is 81.1 Å². The van der Waals surface area contributed by atoms with Crippen LogP contribution < -0.4 is 10.9 Å². The van der Waals surface area contributed by atoms with Gasteiger partial charge in [-0.15, -0.1) is 0 Å². The molecule has 1 N–H and O–H groups in total. The molecule has 0 unspecified atom stereocenters. The Labute approximate surface area is 179 Å². The maximum Gasteiger partial charge on any atom is 0.262 e. The van der Waals surface area contributed by atoms with E-state index in [9.17, 15) is 14.4 Å². The second-order valence-corrected chi connectivity index (χ2v) is 8.35. The molecule has 1 heterocycles. The summed E-state index contributed by atoms with van der Waals surface area (Å²) in [6, 6.07) is 14.1. The fourth-order valence-corrected chi connectivity index (χ4v) is 3.89. The van der Waals surface area contributed by atoms with Gasteiger partial charge in [-0.2, -0.15) is 0 Å². The molecule has 0 aliphatic heterocycles. The average Bonchev–Trinajstić information content (AvgIpc) is 2.74. The lowest BCUT2D eigenvalue weighted by Crippen LogP contribution is -2.25. The molecule has 0 saturated carbocycles. The van der Waals surface area contributed by atoms with Crippen LogP contribution >= 0.6 is 11.8 Å². The molecule has 0 saturated heterocycles. The van der Waals surface area contributed by atoms with Crippen molar-refractivity contribution in [2.45, 2.75) is 38.9 Å². The van der Waals surface area contributed by atoms with Crippen LogP contribution in [0.5, 0.6) is 0 Å². The Balaban J connectivity index is 1.80. The van der Waals surface area contributed by atoms with Gasteiger partial charge in [-0.05, 0) is 42.3 Å². The van der Waals surface area contributed by atoms with Gasteiger partial charge in [-0.25, -0.2) is 4.98 Å². The first-order valence-corrected chi connectivity index (χ1v) is 10.9. The van der Waals surface area contributed by atoms with Gasteiger partial charge in [-0.3, -0.25) is 19.0 Å². The second kappa shape index (κ2) is 9.71. The van der Waals surface area contributed by atoms with Crippen molar-refractivity contribution in [3.8, 4) is 0 Å². The van der Waals surface area contributed by atoms with E-state index in [4.69, 9.17) is 0 Å². The average molecular weight is 424 g/mol. The lowest BCUT2D eigenvalue weighted by molar-refractivity contribution is -0.115. The highest BCUT2D eigenvalue weighted by molar-refractivity contribution is 7.99. The zero-order chi connectivity index (χ0) is 21.7. The van der Waals surface area contributed by atoms with Gasteiger partial charge in [0, 0.05) is 24.2 Å². The number of nitrogens with zero attached hydrogens (tertiary/aromatic N) is 2. The molecule has 0 atom stereocenters. The van der Waals surface area contributed by atoms with Crippen molar-refractivity contribution in [3.05, 3.63) is 64.4 Å². The number of carbonyl (C=O) groups is 2. The van der Waals surface area contributed by atoms with Crippen molar-refractivity contribution in [1.29, 1.82) is 0 Å². The Morgan fingerprint density at radius 2 is 1.80 bits per heavy atom. The summed E-state index contributed by atoms with van der Waals surface area (Å²) in [5, 5.41) is 3.89. The van der Waals surface area contributed by atoms with E-state index in [0.29, 0.717) is 40.3 Å². The number of Topliss-reactive ketones (excluding diaryl/α,β-unsaturated/α-hetero) is 1. The number of hydrogen-bond acceptors (Lipinski definition) is 5. The van der Waals surface area contributed by atoms with Crippen LogP contribution in [0.3, 0.4) is 0 Å². The molecule has 2 aromatic carbocycles. The molecule has 0 radical (unpaired) electrons. The van der Waals surface area contributed by atoms with Gasteiger partial charge in [0.1, 0.15) is 0 Å². The van der Waals surface area contributed by atoms with Crippen molar-refractivity contribution in [2.75, 3.05) is 11.1 Å². The molecule has 0 aliphatic carbocycles. The first-order valence-electron chi connectivity index (χ1n) is 9.94. The number of amides is 1. The zero-order valence-corrected chi connectivity index (χ0v) is 18.2. The van der Waals surface area contributed by atoms with E-state index in [1.807, 2.05) is 32.0 Å². The highest BCUT2D eigenvalue weighted by atomic mass is 32.2. The lowest BCUT2D eigenvalue weighted by atomic mass is 10.1. The van der Waals surface area contributed by atoms with E-state index in [-0.39, 0.29) is 28.9 Å². The summed E-state index contributed by atoms with van der Waals surface area (Å²) in [5.41, 5.74) is 1.76. The number of thioether (sulfide) groups is 1. The molecule has 30 heavy (non-hydrogen) atoms. The van der Waals surface area contributed by atoms with Crippen molar-refractivity contribution < 1.29 is 9.59 Å². The lowest BCUT2D eigenvalue weighted by Gasteiger charge is -2.14. The van der Waals surface area contributed by atoms with E-state index in [1.54, 1.807) is 41.8 Å². The number of benzene rings is 2. The summed E-state index contributed by atoms with van der Waals surface area (Å²) in [5.74, 6) is 0.303. The summed E-state index contributed by atoms with van der Waals surface area (Å²) in [6.07, 6.45) is 0.397. The molecule has 3 aromatic rings. The molecule has 3 rings (SSSR count). The maximum absolute atomic E-state index is 12.9. The van der Waals surface area contributed by atoms with Crippen molar-refractivity contribution in [2.24, 2.45) is 5.92 Å². The summed E-state index contributed by atoms with van der Waals surface area (Å²) in [4.78, 5) is 41.7. The highest BCUT2D eigenvalue weighted by Gasteiger charge is 2.15. The third-order valence-electron chi connectivity index (χ3n) is 4.52. The number of nitrogens with one attached hydrogen (secondary N) is 1. The van der Waals surface area contributed by atoms with Crippen LogP contribution in [0.25, 0.3) is 10.9 Å². The van der Waals surface area contributed by atoms with Crippen LogP contribution in [0, 0.1) is 5.92 Å². The van der Waals surface area contributed by atoms with E-state index >= 15 is 0 Å². The van der Waals surface area contributed by atoms with Crippen LogP contribution in [-0.4, -0.2) is 27.0 Å². The maximum atomic E-state index is 12.9. The molecule has 0 aliphatic rings. The van der Waals surface area contributed by atoms with E-state index in [0.717, 1.165) is 0 Å². The quantitative estimate of drug-likeness (QED) is 0.330. The molecular formula is C23H25N3O3S. The van der Waals surface area contributed by atoms with Crippen LogP contribution in [0.4, 0.5) is 5.69 Å². The van der Waals surface area contributed by atoms with E-state index in [1.165, 1.54) is 11.8 Å². The third-order valence-corrected chi connectivity index (χ3v) is 5.49. The molecule has 7 heteroatoms. The first-order chi connectivity index (χ1) is 14.4. The minimum atomic E-state index is -0.0831. The fourth-order valence-electron chi connectivity index (χ4n) is 2.99. The standard InChI is InChI=1S/C23H25N3O3S/c1-4-21(28)24-17-11-9-16(10-12-17)20(27)14-30-23-25-19-8-6-5-7-18(19)22(29)26(23)13-15(2)3/h5-12,15H,4,13-14H2,1-3H3,(H,24,28). The Kier molecular flexibility index (Phi) is 7.05. The number of aromatic nitrogens is 2. The zero-order valence-electron chi connectivity index (χ0n) is 17.3. The largest absolute Gasteiger partial charge is 0.326 e. The first kappa shape index (κ1) is 21.8. The molecular weight excluding hydrogens is 398 g/mol. The summed E-state index contributed by atoms with van der Waals surface area (Å²) >= 11 is 1.27. The Morgan fingerprint density at radius 1 is 1.10 bits per heavy atom. The van der Waals surface area contributed by atoms with Crippen LogP contribution in [0.15, 0.2) is 58.5 Å². The van der Waals surface area contributed by atoms with Crippen LogP contribution in [0.1, 0.15) is 37.6 Å². The van der Waals surface area contributed by atoms with Crippen LogP contribution in [-0.2, 0) is 11.3 Å². The van der Waals surface area contributed by atoms with Gasteiger partial charge in [0.15, 0.2) is 10.9 Å². The minimum absolute atomic E-state index is 0.0631. The Bertz CT molecular complexity index is 1120. The number of anilines is 1. The Hall–Kier alpha value is -2.93. The van der Waals surface area contributed by atoms with Crippen LogP contribution in [0.2, 0.25) is 0 Å². The predicted molar refractivity (Wildman–Crippen MR) is 121 cm³/mol. The molecule has 0 bridgehead atoms. The van der Waals surface area contributed by atoms with Crippen molar-refractivity contribution in [1.82, 2.24) is 9.55 Å². The minimum Gasteiger partial charge on any atom is -0.326 e. The smallest absolute Gasteiger partial charge is 0.262 e. The number of ketones is 1. The van der Waals surface area contributed by atoms with Gasteiger partial charge in [-0.1, -0.05) is 44.7 Å². The molecule has 1 aromatic heterocycles. The number of para-hydroxylation sites is 1. The third kappa shape index (κ3) is 5.16.